The minimum atomic E-state index is 0.336. The number of aryl methyl sites for hydroxylation is 1. The fourth-order valence-corrected chi connectivity index (χ4v) is 3.05. The highest BCUT2D eigenvalue weighted by Crippen LogP contribution is 2.28. The van der Waals surface area contributed by atoms with Crippen LogP contribution in [-0.4, -0.2) is 23.3 Å². The molecule has 0 saturated carbocycles. The summed E-state index contributed by atoms with van der Waals surface area (Å²) < 4.78 is 13.2. The SMILES string of the molecule is COCCCn1c(COc2ccc(Cl)cc2Cl)nc2ccccc21. The minimum absolute atomic E-state index is 0.336. The Bertz CT molecular complexity index is 833. The Balaban J connectivity index is 1.83. The van der Waals surface area contributed by atoms with Crippen molar-refractivity contribution in [3.63, 3.8) is 0 Å². The highest BCUT2D eigenvalue weighted by atomic mass is 35.5. The first kappa shape index (κ1) is 17.1. The summed E-state index contributed by atoms with van der Waals surface area (Å²) in [4.78, 5) is 4.68. The molecule has 0 aliphatic heterocycles. The molecule has 0 fully saturated rings. The second kappa shape index (κ2) is 7.88. The van der Waals surface area contributed by atoms with Gasteiger partial charge in [-0.05, 0) is 36.8 Å². The lowest BCUT2D eigenvalue weighted by Crippen LogP contribution is -2.09. The Hall–Kier alpha value is -1.75. The molecule has 0 spiro atoms. The summed E-state index contributed by atoms with van der Waals surface area (Å²) in [6.45, 7) is 1.86. The molecule has 126 valence electrons. The second-order valence-electron chi connectivity index (χ2n) is 5.38. The molecule has 1 heterocycles. The predicted molar refractivity (Wildman–Crippen MR) is 97.0 cm³/mol. The molecule has 3 aromatic rings. The Morgan fingerprint density at radius 1 is 1.12 bits per heavy atom. The molecule has 6 heteroatoms. The number of nitrogens with zero attached hydrogens (tertiary/aromatic N) is 2. The topological polar surface area (TPSA) is 36.3 Å². The molecule has 24 heavy (non-hydrogen) atoms. The van der Waals surface area contributed by atoms with Crippen LogP contribution in [0.5, 0.6) is 5.75 Å². The van der Waals surface area contributed by atoms with E-state index in [4.69, 9.17) is 32.7 Å². The molecular formula is C18H18Cl2N2O2. The highest BCUT2D eigenvalue weighted by Gasteiger charge is 2.12. The average molecular weight is 365 g/mol. The maximum absolute atomic E-state index is 6.16. The van der Waals surface area contributed by atoms with Crippen molar-refractivity contribution in [3.05, 3.63) is 58.3 Å². The van der Waals surface area contributed by atoms with Crippen LogP contribution in [0.2, 0.25) is 10.0 Å². The lowest BCUT2D eigenvalue weighted by Gasteiger charge is -2.11. The maximum atomic E-state index is 6.16. The molecule has 4 nitrogen and oxygen atoms in total. The fourth-order valence-electron chi connectivity index (χ4n) is 2.59. The minimum Gasteiger partial charge on any atom is -0.484 e. The number of rotatable bonds is 7. The Labute approximate surface area is 150 Å². The van der Waals surface area contributed by atoms with E-state index in [1.807, 2.05) is 18.2 Å². The molecule has 0 atom stereocenters. The van der Waals surface area contributed by atoms with Crippen molar-refractivity contribution < 1.29 is 9.47 Å². The van der Waals surface area contributed by atoms with E-state index in [2.05, 4.69) is 15.6 Å². The maximum Gasteiger partial charge on any atom is 0.148 e. The number of fused-ring (bicyclic) bond motifs is 1. The van der Waals surface area contributed by atoms with Gasteiger partial charge in [-0.2, -0.15) is 0 Å². The molecule has 0 unspecified atom stereocenters. The van der Waals surface area contributed by atoms with Crippen molar-refractivity contribution in [3.8, 4) is 5.75 Å². The zero-order valence-corrected chi connectivity index (χ0v) is 14.8. The molecule has 0 radical (unpaired) electrons. The van der Waals surface area contributed by atoms with E-state index in [0.29, 0.717) is 29.0 Å². The molecule has 0 amide bonds. The third-order valence-corrected chi connectivity index (χ3v) is 4.24. The molecule has 2 aromatic carbocycles. The average Bonchev–Trinajstić information content (AvgIpc) is 2.92. The van der Waals surface area contributed by atoms with E-state index in [1.54, 1.807) is 25.3 Å². The molecular weight excluding hydrogens is 347 g/mol. The zero-order valence-electron chi connectivity index (χ0n) is 13.3. The van der Waals surface area contributed by atoms with Crippen molar-refractivity contribution in [2.75, 3.05) is 13.7 Å². The fraction of sp³-hybridized carbons (Fsp3) is 0.278. The van der Waals surface area contributed by atoms with Gasteiger partial charge in [-0.25, -0.2) is 4.98 Å². The Kier molecular flexibility index (Phi) is 5.61. The van der Waals surface area contributed by atoms with E-state index in [0.717, 1.165) is 29.8 Å². The zero-order chi connectivity index (χ0) is 16.9. The van der Waals surface area contributed by atoms with E-state index in [-0.39, 0.29) is 0 Å². The van der Waals surface area contributed by atoms with Crippen LogP contribution in [0.1, 0.15) is 12.2 Å². The number of imidazole rings is 1. The largest absolute Gasteiger partial charge is 0.484 e. The van der Waals surface area contributed by atoms with Crippen LogP contribution in [0.25, 0.3) is 11.0 Å². The predicted octanol–water partition coefficient (Wildman–Crippen LogP) is 4.96. The third kappa shape index (κ3) is 3.83. The summed E-state index contributed by atoms with van der Waals surface area (Å²) >= 11 is 12.1. The van der Waals surface area contributed by atoms with Gasteiger partial charge in [0.2, 0.25) is 0 Å². The summed E-state index contributed by atoms with van der Waals surface area (Å²) in [6, 6.07) is 13.2. The van der Waals surface area contributed by atoms with Crippen LogP contribution in [0.4, 0.5) is 0 Å². The summed E-state index contributed by atoms with van der Waals surface area (Å²) in [5, 5.41) is 1.07. The molecule has 0 bridgehead atoms. The number of methoxy groups -OCH3 is 1. The Morgan fingerprint density at radius 3 is 2.75 bits per heavy atom. The van der Waals surface area contributed by atoms with E-state index < -0.39 is 0 Å². The van der Waals surface area contributed by atoms with Crippen molar-refractivity contribution in [2.24, 2.45) is 0 Å². The summed E-state index contributed by atoms with van der Waals surface area (Å²) in [6.07, 6.45) is 0.908. The van der Waals surface area contributed by atoms with Crippen molar-refractivity contribution >= 4 is 34.2 Å². The van der Waals surface area contributed by atoms with E-state index >= 15 is 0 Å². The van der Waals surface area contributed by atoms with Gasteiger partial charge < -0.3 is 14.0 Å². The molecule has 3 rings (SSSR count). The van der Waals surface area contributed by atoms with Gasteiger partial charge in [0.25, 0.3) is 0 Å². The lowest BCUT2D eigenvalue weighted by atomic mass is 10.3. The van der Waals surface area contributed by atoms with E-state index in [9.17, 15) is 0 Å². The van der Waals surface area contributed by atoms with Gasteiger partial charge in [-0.3, -0.25) is 0 Å². The van der Waals surface area contributed by atoms with Crippen LogP contribution in [0, 0.1) is 0 Å². The standard InChI is InChI=1S/C18H18Cl2N2O2/c1-23-10-4-9-22-16-6-3-2-5-15(16)21-18(22)12-24-17-8-7-13(19)11-14(17)20/h2-3,5-8,11H,4,9-10,12H2,1H3. The number of halogens is 2. The number of hydrogen-bond acceptors (Lipinski definition) is 3. The monoisotopic (exact) mass is 364 g/mol. The normalized spacial score (nSPS) is 11.1. The van der Waals surface area contributed by atoms with E-state index in [1.165, 1.54) is 0 Å². The van der Waals surface area contributed by atoms with Crippen LogP contribution < -0.4 is 4.74 Å². The number of para-hydroxylation sites is 2. The molecule has 0 aliphatic carbocycles. The van der Waals surface area contributed by atoms with Gasteiger partial charge in [-0.15, -0.1) is 0 Å². The second-order valence-corrected chi connectivity index (χ2v) is 6.22. The van der Waals surface area contributed by atoms with Gasteiger partial charge in [0.15, 0.2) is 0 Å². The smallest absolute Gasteiger partial charge is 0.148 e. The molecule has 0 saturated heterocycles. The van der Waals surface area contributed by atoms with Gasteiger partial charge in [0.05, 0.1) is 16.1 Å². The van der Waals surface area contributed by atoms with Gasteiger partial charge in [-0.1, -0.05) is 35.3 Å². The van der Waals surface area contributed by atoms with Crippen molar-refractivity contribution in [2.45, 2.75) is 19.6 Å². The lowest BCUT2D eigenvalue weighted by molar-refractivity contribution is 0.189. The van der Waals surface area contributed by atoms with Crippen molar-refractivity contribution in [1.29, 1.82) is 0 Å². The first-order valence-corrected chi connectivity index (χ1v) is 8.45. The summed E-state index contributed by atoms with van der Waals surface area (Å²) in [7, 11) is 1.71. The number of benzene rings is 2. The third-order valence-electron chi connectivity index (χ3n) is 3.71. The molecule has 1 aromatic heterocycles. The quantitative estimate of drug-likeness (QED) is 0.556. The summed E-state index contributed by atoms with van der Waals surface area (Å²) in [5.41, 5.74) is 2.05. The van der Waals surface area contributed by atoms with Gasteiger partial charge in [0, 0.05) is 25.3 Å². The number of ether oxygens (including phenoxy) is 2. The Morgan fingerprint density at radius 2 is 1.96 bits per heavy atom. The first-order valence-electron chi connectivity index (χ1n) is 7.70. The molecule has 0 aliphatic rings. The highest BCUT2D eigenvalue weighted by molar-refractivity contribution is 6.35. The summed E-state index contributed by atoms with van der Waals surface area (Å²) in [5.74, 6) is 1.45. The van der Waals surface area contributed by atoms with Gasteiger partial charge in [0.1, 0.15) is 18.2 Å². The van der Waals surface area contributed by atoms with Crippen LogP contribution >= 0.6 is 23.2 Å². The molecule has 0 N–H and O–H groups in total. The van der Waals surface area contributed by atoms with Gasteiger partial charge >= 0.3 is 0 Å². The first-order chi connectivity index (χ1) is 11.7. The van der Waals surface area contributed by atoms with Crippen molar-refractivity contribution in [1.82, 2.24) is 9.55 Å². The van der Waals surface area contributed by atoms with Crippen LogP contribution in [0.15, 0.2) is 42.5 Å². The van der Waals surface area contributed by atoms with Crippen LogP contribution in [0.3, 0.4) is 0 Å². The number of hydrogen-bond donors (Lipinski definition) is 0. The number of aromatic nitrogens is 2. The van der Waals surface area contributed by atoms with Crippen LogP contribution in [-0.2, 0) is 17.9 Å².